The standard InChI is InChI=1S/C16H16F3N/c1-10-4-2-3-5-11(10)6-9-14(20)12-7-8-13(17)16(19)15(12)18/h2-5,7-8,14H,6,9,20H2,1H3. The normalized spacial score (nSPS) is 12.4. The van der Waals surface area contributed by atoms with Crippen molar-refractivity contribution in [3.8, 4) is 0 Å². The minimum atomic E-state index is -1.46. The molecule has 0 saturated carbocycles. The fourth-order valence-corrected chi connectivity index (χ4v) is 2.18. The highest BCUT2D eigenvalue weighted by Gasteiger charge is 2.18. The lowest BCUT2D eigenvalue weighted by Crippen LogP contribution is -2.14. The molecule has 0 amide bonds. The molecule has 0 aromatic heterocycles. The van der Waals surface area contributed by atoms with Gasteiger partial charge in [-0.2, -0.15) is 0 Å². The van der Waals surface area contributed by atoms with Crippen LogP contribution < -0.4 is 5.73 Å². The van der Waals surface area contributed by atoms with Crippen molar-refractivity contribution >= 4 is 0 Å². The molecule has 2 aromatic rings. The molecule has 2 aromatic carbocycles. The first kappa shape index (κ1) is 14.6. The second kappa shape index (κ2) is 6.09. The van der Waals surface area contributed by atoms with Gasteiger partial charge in [-0.15, -0.1) is 0 Å². The molecule has 20 heavy (non-hydrogen) atoms. The quantitative estimate of drug-likeness (QED) is 0.840. The minimum Gasteiger partial charge on any atom is -0.324 e. The highest BCUT2D eigenvalue weighted by molar-refractivity contribution is 5.27. The maximum absolute atomic E-state index is 13.6. The molecule has 0 saturated heterocycles. The largest absolute Gasteiger partial charge is 0.324 e. The third-order valence-electron chi connectivity index (χ3n) is 3.45. The van der Waals surface area contributed by atoms with Crippen molar-refractivity contribution in [1.82, 2.24) is 0 Å². The van der Waals surface area contributed by atoms with Gasteiger partial charge in [-0.3, -0.25) is 0 Å². The maximum Gasteiger partial charge on any atom is 0.194 e. The zero-order valence-corrected chi connectivity index (χ0v) is 11.2. The summed E-state index contributed by atoms with van der Waals surface area (Å²) in [7, 11) is 0. The molecule has 0 aliphatic rings. The smallest absolute Gasteiger partial charge is 0.194 e. The Bertz CT molecular complexity index is 611. The van der Waals surface area contributed by atoms with Gasteiger partial charge < -0.3 is 5.73 Å². The van der Waals surface area contributed by atoms with E-state index >= 15 is 0 Å². The molecule has 0 fully saturated rings. The van der Waals surface area contributed by atoms with E-state index in [4.69, 9.17) is 5.73 Å². The Morgan fingerprint density at radius 1 is 1.00 bits per heavy atom. The molecule has 0 spiro atoms. The highest BCUT2D eigenvalue weighted by atomic mass is 19.2. The Morgan fingerprint density at radius 3 is 2.40 bits per heavy atom. The Kier molecular flexibility index (Phi) is 4.45. The second-order valence-corrected chi connectivity index (χ2v) is 4.84. The van der Waals surface area contributed by atoms with Crippen LogP contribution in [-0.4, -0.2) is 0 Å². The SMILES string of the molecule is Cc1ccccc1CCC(N)c1ccc(F)c(F)c1F. The average molecular weight is 279 g/mol. The van der Waals surface area contributed by atoms with Crippen molar-refractivity contribution in [2.24, 2.45) is 5.73 Å². The van der Waals surface area contributed by atoms with Gasteiger partial charge in [0.25, 0.3) is 0 Å². The molecule has 106 valence electrons. The van der Waals surface area contributed by atoms with Gasteiger partial charge in [0.15, 0.2) is 17.5 Å². The molecule has 1 unspecified atom stereocenters. The topological polar surface area (TPSA) is 26.0 Å². The van der Waals surface area contributed by atoms with E-state index < -0.39 is 23.5 Å². The van der Waals surface area contributed by atoms with E-state index in [2.05, 4.69) is 0 Å². The van der Waals surface area contributed by atoms with Crippen LogP contribution in [0.25, 0.3) is 0 Å². The Morgan fingerprint density at radius 2 is 1.70 bits per heavy atom. The zero-order valence-electron chi connectivity index (χ0n) is 11.2. The first-order valence-corrected chi connectivity index (χ1v) is 6.44. The highest BCUT2D eigenvalue weighted by Crippen LogP contribution is 2.23. The van der Waals surface area contributed by atoms with Gasteiger partial charge in [-0.1, -0.05) is 30.3 Å². The van der Waals surface area contributed by atoms with Crippen molar-refractivity contribution in [3.05, 3.63) is 70.5 Å². The monoisotopic (exact) mass is 279 g/mol. The fraction of sp³-hybridized carbons (Fsp3) is 0.250. The van der Waals surface area contributed by atoms with Gasteiger partial charge in [0.2, 0.25) is 0 Å². The average Bonchev–Trinajstić information content (AvgIpc) is 2.44. The van der Waals surface area contributed by atoms with Gasteiger partial charge in [0, 0.05) is 11.6 Å². The van der Waals surface area contributed by atoms with Gasteiger partial charge in [-0.05, 0) is 37.0 Å². The number of halogens is 3. The van der Waals surface area contributed by atoms with Crippen LogP contribution in [0.4, 0.5) is 13.2 Å². The molecule has 1 nitrogen and oxygen atoms in total. The zero-order chi connectivity index (χ0) is 14.7. The molecule has 0 aliphatic carbocycles. The summed E-state index contributed by atoms with van der Waals surface area (Å²) in [6, 6.07) is 9.27. The van der Waals surface area contributed by atoms with E-state index in [-0.39, 0.29) is 5.56 Å². The van der Waals surface area contributed by atoms with Crippen LogP contribution in [0.3, 0.4) is 0 Å². The van der Waals surface area contributed by atoms with Crippen LogP contribution >= 0.6 is 0 Å². The first-order valence-electron chi connectivity index (χ1n) is 6.44. The first-order chi connectivity index (χ1) is 9.50. The van der Waals surface area contributed by atoms with Crippen LogP contribution in [0, 0.1) is 24.4 Å². The third-order valence-corrected chi connectivity index (χ3v) is 3.45. The van der Waals surface area contributed by atoms with Gasteiger partial charge in [0.1, 0.15) is 0 Å². The summed E-state index contributed by atoms with van der Waals surface area (Å²) >= 11 is 0. The van der Waals surface area contributed by atoms with Crippen molar-refractivity contribution in [2.75, 3.05) is 0 Å². The Balaban J connectivity index is 2.11. The van der Waals surface area contributed by atoms with Crippen molar-refractivity contribution in [2.45, 2.75) is 25.8 Å². The summed E-state index contributed by atoms with van der Waals surface area (Å²) in [6.07, 6.45) is 1.12. The third kappa shape index (κ3) is 3.02. The molecule has 2 N–H and O–H groups in total. The number of hydrogen-bond acceptors (Lipinski definition) is 1. The summed E-state index contributed by atoms with van der Waals surface area (Å²) in [4.78, 5) is 0. The number of benzene rings is 2. The lowest BCUT2D eigenvalue weighted by Gasteiger charge is -2.14. The van der Waals surface area contributed by atoms with Crippen LogP contribution in [0.2, 0.25) is 0 Å². The van der Waals surface area contributed by atoms with E-state index in [0.29, 0.717) is 12.8 Å². The molecule has 0 aliphatic heterocycles. The Labute approximate surface area is 116 Å². The summed E-state index contributed by atoms with van der Waals surface area (Å²) in [5.74, 6) is -3.85. The van der Waals surface area contributed by atoms with E-state index in [1.165, 1.54) is 6.07 Å². The minimum absolute atomic E-state index is 0.0116. The van der Waals surface area contributed by atoms with Gasteiger partial charge >= 0.3 is 0 Å². The molecule has 4 heteroatoms. The molecule has 0 bridgehead atoms. The van der Waals surface area contributed by atoms with Crippen molar-refractivity contribution in [3.63, 3.8) is 0 Å². The molecular weight excluding hydrogens is 263 g/mol. The van der Waals surface area contributed by atoms with Gasteiger partial charge in [0.05, 0.1) is 0 Å². The fourth-order valence-electron chi connectivity index (χ4n) is 2.18. The van der Waals surface area contributed by atoms with Crippen molar-refractivity contribution in [1.29, 1.82) is 0 Å². The molecule has 2 rings (SSSR count). The molecule has 0 heterocycles. The Hall–Kier alpha value is -1.81. The number of nitrogens with two attached hydrogens (primary N) is 1. The van der Waals surface area contributed by atoms with E-state index in [1.807, 2.05) is 31.2 Å². The van der Waals surface area contributed by atoms with Crippen molar-refractivity contribution < 1.29 is 13.2 Å². The van der Waals surface area contributed by atoms with E-state index in [9.17, 15) is 13.2 Å². The van der Waals surface area contributed by atoms with Crippen LogP contribution in [0.15, 0.2) is 36.4 Å². The van der Waals surface area contributed by atoms with Crippen LogP contribution in [0.1, 0.15) is 29.2 Å². The predicted molar refractivity (Wildman–Crippen MR) is 72.7 cm³/mol. The number of hydrogen-bond donors (Lipinski definition) is 1. The summed E-state index contributed by atoms with van der Waals surface area (Å²) in [5, 5.41) is 0. The summed E-state index contributed by atoms with van der Waals surface area (Å²) in [5.41, 5.74) is 8.14. The lowest BCUT2D eigenvalue weighted by atomic mass is 9.97. The van der Waals surface area contributed by atoms with Crippen LogP contribution in [-0.2, 0) is 6.42 Å². The number of rotatable bonds is 4. The van der Waals surface area contributed by atoms with Crippen LogP contribution in [0.5, 0.6) is 0 Å². The molecule has 1 atom stereocenters. The van der Waals surface area contributed by atoms with Gasteiger partial charge in [-0.25, -0.2) is 13.2 Å². The predicted octanol–water partition coefficient (Wildman–Crippen LogP) is 4.04. The second-order valence-electron chi connectivity index (χ2n) is 4.84. The van der Waals surface area contributed by atoms with E-state index in [0.717, 1.165) is 17.2 Å². The molecular formula is C16H16F3N. The summed E-state index contributed by atoms with van der Waals surface area (Å²) in [6.45, 7) is 1.99. The maximum atomic E-state index is 13.6. The number of aryl methyl sites for hydroxylation is 2. The molecule has 0 radical (unpaired) electrons. The van der Waals surface area contributed by atoms with E-state index in [1.54, 1.807) is 0 Å². The summed E-state index contributed by atoms with van der Waals surface area (Å²) < 4.78 is 39.7. The lowest BCUT2D eigenvalue weighted by molar-refractivity contribution is 0.433.